The molecule has 0 atom stereocenters. The van der Waals surface area contributed by atoms with Crippen LogP contribution in [0.4, 0.5) is 0 Å². The summed E-state index contributed by atoms with van der Waals surface area (Å²) in [6.07, 6.45) is 5.38. The Hall–Kier alpha value is -2.17. The molecular formula is C14H16N3O2+. The SMILES string of the molecule is C[N+]1=c2cc(-c3cnn(C(C)(C)C)c3)oc(=O)c2=C1. The molecule has 1 aliphatic heterocycles. The third-order valence-corrected chi connectivity index (χ3v) is 3.22. The average molecular weight is 258 g/mol. The van der Waals surface area contributed by atoms with E-state index in [0.717, 1.165) is 10.9 Å². The summed E-state index contributed by atoms with van der Waals surface area (Å²) in [4.78, 5) is 11.8. The predicted octanol–water partition coefficient (Wildman–Crippen LogP) is 0.131. The normalized spacial score (nSPS) is 13.8. The van der Waals surface area contributed by atoms with Gasteiger partial charge < -0.3 is 4.42 Å². The molecule has 19 heavy (non-hydrogen) atoms. The van der Waals surface area contributed by atoms with Crippen molar-refractivity contribution in [2.24, 2.45) is 0 Å². The van der Waals surface area contributed by atoms with Gasteiger partial charge in [-0.1, -0.05) is 0 Å². The molecule has 0 spiro atoms. The first-order valence-electron chi connectivity index (χ1n) is 6.17. The summed E-state index contributed by atoms with van der Waals surface area (Å²) in [6, 6.07) is 1.88. The molecule has 5 nitrogen and oxygen atoms in total. The molecule has 3 heterocycles. The molecule has 0 radical (unpaired) electrons. The maximum absolute atomic E-state index is 11.8. The summed E-state index contributed by atoms with van der Waals surface area (Å²) >= 11 is 0. The lowest BCUT2D eigenvalue weighted by Crippen LogP contribution is -2.52. The number of hydrogen-bond acceptors (Lipinski definition) is 3. The molecule has 5 heteroatoms. The largest absolute Gasteiger partial charge is 0.422 e. The molecule has 0 fully saturated rings. The van der Waals surface area contributed by atoms with Gasteiger partial charge in [0.1, 0.15) is 12.8 Å². The van der Waals surface area contributed by atoms with Gasteiger partial charge in [0.2, 0.25) is 5.36 Å². The van der Waals surface area contributed by atoms with Crippen molar-refractivity contribution in [2.75, 3.05) is 7.05 Å². The van der Waals surface area contributed by atoms with Crippen molar-refractivity contribution in [3.8, 4) is 11.3 Å². The van der Waals surface area contributed by atoms with Gasteiger partial charge in [0, 0.05) is 6.20 Å². The van der Waals surface area contributed by atoms with E-state index in [1.807, 2.05) is 28.6 Å². The van der Waals surface area contributed by atoms with Crippen LogP contribution in [0.15, 0.2) is 27.7 Å². The Kier molecular flexibility index (Phi) is 2.29. The van der Waals surface area contributed by atoms with Crippen LogP contribution in [0, 0.1) is 0 Å². The van der Waals surface area contributed by atoms with Crippen molar-refractivity contribution in [1.82, 2.24) is 14.4 Å². The van der Waals surface area contributed by atoms with Gasteiger partial charge in [-0.3, -0.25) is 4.68 Å². The minimum Gasteiger partial charge on any atom is -0.422 e. The van der Waals surface area contributed by atoms with Gasteiger partial charge in [0.25, 0.3) is 0 Å². The quantitative estimate of drug-likeness (QED) is 0.683. The van der Waals surface area contributed by atoms with Gasteiger partial charge in [-0.05, 0) is 20.8 Å². The summed E-state index contributed by atoms with van der Waals surface area (Å²) in [5, 5.41) is 5.85. The Morgan fingerprint density at radius 2 is 2.11 bits per heavy atom. The summed E-state index contributed by atoms with van der Waals surface area (Å²) in [5.74, 6) is 0.555. The highest BCUT2D eigenvalue weighted by atomic mass is 16.4. The fraction of sp³-hybridized carbons (Fsp3) is 0.357. The second-order valence-corrected chi connectivity index (χ2v) is 5.78. The van der Waals surface area contributed by atoms with E-state index >= 15 is 0 Å². The van der Waals surface area contributed by atoms with Gasteiger partial charge in [-0.2, -0.15) is 9.67 Å². The molecule has 0 saturated heterocycles. The van der Waals surface area contributed by atoms with Crippen LogP contribution >= 0.6 is 0 Å². The fourth-order valence-corrected chi connectivity index (χ4v) is 2.06. The summed E-state index contributed by atoms with van der Waals surface area (Å²) in [6.45, 7) is 6.21. The zero-order valence-electron chi connectivity index (χ0n) is 11.5. The Morgan fingerprint density at radius 1 is 1.37 bits per heavy atom. The van der Waals surface area contributed by atoms with Crippen molar-refractivity contribution in [2.45, 2.75) is 26.3 Å². The Morgan fingerprint density at radius 3 is 2.68 bits per heavy atom. The highest BCUT2D eigenvalue weighted by molar-refractivity contribution is 5.55. The van der Waals surface area contributed by atoms with Gasteiger partial charge in [0.15, 0.2) is 11.4 Å². The van der Waals surface area contributed by atoms with E-state index in [1.165, 1.54) is 0 Å². The Labute approximate surface area is 110 Å². The third kappa shape index (κ3) is 1.82. The van der Waals surface area contributed by atoms with E-state index in [0.29, 0.717) is 11.0 Å². The lowest BCUT2D eigenvalue weighted by molar-refractivity contribution is 0.355. The molecule has 1 aliphatic rings. The van der Waals surface area contributed by atoms with Gasteiger partial charge in [0.05, 0.1) is 23.4 Å². The van der Waals surface area contributed by atoms with Crippen LogP contribution in [0.3, 0.4) is 0 Å². The van der Waals surface area contributed by atoms with E-state index in [2.05, 4.69) is 25.9 Å². The first-order chi connectivity index (χ1) is 8.86. The zero-order chi connectivity index (χ0) is 13.8. The number of hydrogen-bond donors (Lipinski definition) is 0. The lowest BCUT2D eigenvalue weighted by atomic mass is 10.1. The van der Waals surface area contributed by atoms with Crippen molar-refractivity contribution in [1.29, 1.82) is 0 Å². The highest BCUT2D eigenvalue weighted by Crippen LogP contribution is 2.19. The highest BCUT2D eigenvalue weighted by Gasteiger charge is 2.19. The van der Waals surface area contributed by atoms with Crippen molar-refractivity contribution < 1.29 is 4.42 Å². The average Bonchev–Trinajstić information content (AvgIpc) is 2.79. The van der Waals surface area contributed by atoms with Crippen molar-refractivity contribution in [3.63, 3.8) is 0 Å². The van der Waals surface area contributed by atoms with Crippen LogP contribution < -0.4 is 20.8 Å². The zero-order valence-corrected chi connectivity index (χ0v) is 11.5. The molecule has 0 amide bonds. The van der Waals surface area contributed by atoms with Gasteiger partial charge >= 0.3 is 5.63 Å². The van der Waals surface area contributed by atoms with Crippen LogP contribution in [-0.2, 0) is 5.54 Å². The van der Waals surface area contributed by atoms with Crippen molar-refractivity contribution >= 4 is 6.20 Å². The summed E-state index contributed by atoms with van der Waals surface area (Å²) in [5.41, 5.74) is 0.424. The van der Waals surface area contributed by atoms with E-state index in [9.17, 15) is 4.79 Å². The van der Waals surface area contributed by atoms with Crippen LogP contribution in [0.5, 0.6) is 0 Å². The molecule has 98 valence electrons. The maximum Gasteiger partial charge on any atom is 0.356 e. The smallest absolute Gasteiger partial charge is 0.356 e. The Balaban J connectivity index is 2.15. The van der Waals surface area contributed by atoms with E-state index < -0.39 is 0 Å². The standard InChI is InChI=1S/C14H16N3O2/c1-14(2,3)17-7-9(6-15-17)12-5-11-10(8-16(11)4)13(18)19-12/h5-8H,1-4H3/q+1. The van der Waals surface area contributed by atoms with E-state index in [-0.39, 0.29) is 11.2 Å². The van der Waals surface area contributed by atoms with Gasteiger partial charge in [-0.15, -0.1) is 0 Å². The second kappa shape index (κ2) is 3.66. The number of rotatable bonds is 1. The second-order valence-electron chi connectivity index (χ2n) is 5.78. The van der Waals surface area contributed by atoms with E-state index in [4.69, 9.17) is 4.42 Å². The summed E-state index contributed by atoms with van der Waals surface area (Å²) < 4.78 is 9.10. The molecule has 2 aromatic heterocycles. The predicted molar refractivity (Wildman–Crippen MR) is 72.1 cm³/mol. The number of fused-ring (bicyclic) bond motifs is 1. The van der Waals surface area contributed by atoms with Crippen LogP contribution in [0.1, 0.15) is 20.8 Å². The third-order valence-electron chi connectivity index (χ3n) is 3.22. The monoisotopic (exact) mass is 258 g/mol. The minimum atomic E-state index is -0.297. The molecule has 0 aliphatic carbocycles. The molecule has 0 N–H and O–H groups in total. The maximum atomic E-state index is 11.8. The molecular weight excluding hydrogens is 242 g/mol. The Bertz CT molecular complexity index is 835. The molecule has 3 rings (SSSR count). The minimum absolute atomic E-state index is 0.0943. The number of aromatic nitrogens is 2. The lowest BCUT2D eigenvalue weighted by Gasteiger charge is -2.18. The van der Waals surface area contributed by atoms with Gasteiger partial charge in [-0.25, -0.2) is 4.79 Å². The fourth-order valence-electron chi connectivity index (χ4n) is 2.06. The molecule has 0 aromatic carbocycles. The van der Waals surface area contributed by atoms with Crippen LogP contribution in [0.25, 0.3) is 17.5 Å². The topological polar surface area (TPSA) is 51.0 Å². The first-order valence-corrected chi connectivity index (χ1v) is 6.17. The van der Waals surface area contributed by atoms with Crippen LogP contribution in [-0.4, -0.2) is 16.8 Å². The first kappa shape index (κ1) is 11.9. The number of nitrogens with zero attached hydrogens (tertiary/aromatic N) is 3. The van der Waals surface area contributed by atoms with E-state index in [1.54, 1.807) is 12.4 Å². The van der Waals surface area contributed by atoms with Crippen LogP contribution in [0.2, 0.25) is 0 Å². The van der Waals surface area contributed by atoms with Crippen molar-refractivity contribution in [3.05, 3.63) is 39.5 Å². The molecule has 0 unspecified atom stereocenters. The molecule has 0 saturated carbocycles. The molecule has 2 aromatic rings. The summed E-state index contributed by atoms with van der Waals surface area (Å²) in [7, 11) is 1.91. The molecule has 0 bridgehead atoms.